The first-order valence-electron chi connectivity index (χ1n) is 4.37. The summed E-state index contributed by atoms with van der Waals surface area (Å²) in [5.74, 6) is 0.256. The van der Waals surface area contributed by atoms with Gasteiger partial charge in [-0.1, -0.05) is 12.2 Å². The van der Waals surface area contributed by atoms with Gasteiger partial charge in [-0.25, -0.2) is 4.79 Å². The summed E-state index contributed by atoms with van der Waals surface area (Å²) in [5.41, 5.74) is 0.879. The van der Waals surface area contributed by atoms with Gasteiger partial charge in [0.05, 0.1) is 12.7 Å². The first kappa shape index (κ1) is 11.7. The Morgan fingerprint density at radius 1 is 1.60 bits per heavy atom. The molecular formula is C11H12O3S. The lowest BCUT2D eigenvalue weighted by atomic mass is 10.1. The van der Waals surface area contributed by atoms with E-state index < -0.39 is 5.97 Å². The lowest BCUT2D eigenvalue weighted by Gasteiger charge is -2.04. The van der Waals surface area contributed by atoms with Crippen molar-refractivity contribution < 1.29 is 14.6 Å². The standard InChI is InChI=1S/C11H12O3S/c1-14-9-4-5-10(11(12)13)8(7-9)3-2-6-15/h2-5,7,15H,6H2,1H3,(H,12,13). The van der Waals surface area contributed by atoms with E-state index in [1.165, 1.54) is 6.07 Å². The molecule has 80 valence electrons. The normalized spacial score (nSPS) is 10.5. The Morgan fingerprint density at radius 2 is 2.33 bits per heavy atom. The summed E-state index contributed by atoms with van der Waals surface area (Å²) in [5, 5.41) is 8.93. The van der Waals surface area contributed by atoms with Gasteiger partial charge in [0.15, 0.2) is 0 Å². The predicted octanol–water partition coefficient (Wildman–Crippen LogP) is 2.34. The predicted molar refractivity (Wildman–Crippen MR) is 62.8 cm³/mol. The summed E-state index contributed by atoms with van der Waals surface area (Å²) < 4.78 is 5.02. The van der Waals surface area contributed by atoms with Crippen molar-refractivity contribution in [1.29, 1.82) is 0 Å². The van der Waals surface area contributed by atoms with Crippen LogP contribution in [0.4, 0.5) is 0 Å². The van der Waals surface area contributed by atoms with E-state index >= 15 is 0 Å². The number of aromatic carboxylic acids is 1. The second-order valence-corrected chi connectivity index (χ2v) is 3.21. The Bertz CT molecular complexity index is 385. The Balaban J connectivity index is 3.16. The number of hydrogen-bond acceptors (Lipinski definition) is 3. The molecule has 0 saturated heterocycles. The van der Waals surface area contributed by atoms with Gasteiger partial charge < -0.3 is 9.84 Å². The molecule has 0 bridgehead atoms. The molecule has 1 aromatic rings. The van der Waals surface area contributed by atoms with Crippen LogP contribution >= 0.6 is 12.6 Å². The maximum Gasteiger partial charge on any atom is 0.336 e. The van der Waals surface area contributed by atoms with Crippen molar-refractivity contribution >= 4 is 24.7 Å². The number of ether oxygens (including phenoxy) is 1. The van der Waals surface area contributed by atoms with Crippen LogP contribution < -0.4 is 4.74 Å². The van der Waals surface area contributed by atoms with Gasteiger partial charge in [0.2, 0.25) is 0 Å². The number of carbonyl (C=O) groups is 1. The van der Waals surface area contributed by atoms with Crippen molar-refractivity contribution in [1.82, 2.24) is 0 Å². The maximum atomic E-state index is 10.9. The molecule has 0 aliphatic carbocycles. The number of thiol groups is 1. The Morgan fingerprint density at radius 3 is 2.87 bits per heavy atom. The summed E-state index contributed by atoms with van der Waals surface area (Å²) in [6.07, 6.45) is 3.50. The number of carboxylic acid groups (broad SMARTS) is 1. The molecule has 1 aromatic carbocycles. The van der Waals surface area contributed by atoms with Crippen LogP contribution in [0.1, 0.15) is 15.9 Å². The van der Waals surface area contributed by atoms with Gasteiger partial charge >= 0.3 is 5.97 Å². The summed E-state index contributed by atoms with van der Waals surface area (Å²) in [6, 6.07) is 4.84. The van der Waals surface area contributed by atoms with Gasteiger partial charge in [-0.15, -0.1) is 0 Å². The van der Waals surface area contributed by atoms with E-state index in [4.69, 9.17) is 9.84 Å². The Kier molecular flexibility index (Phi) is 4.24. The van der Waals surface area contributed by atoms with Crippen molar-refractivity contribution in [3.05, 3.63) is 35.4 Å². The van der Waals surface area contributed by atoms with Crippen LogP contribution in [0.15, 0.2) is 24.3 Å². The minimum Gasteiger partial charge on any atom is -0.497 e. The van der Waals surface area contributed by atoms with E-state index in [1.807, 2.05) is 0 Å². The van der Waals surface area contributed by atoms with Crippen molar-refractivity contribution in [2.45, 2.75) is 0 Å². The molecule has 0 spiro atoms. The molecular weight excluding hydrogens is 212 g/mol. The molecule has 1 N–H and O–H groups in total. The van der Waals surface area contributed by atoms with Crippen molar-refractivity contribution in [2.24, 2.45) is 0 Å². The fraction of sp³-hybridized carbons (Fsp3) is 0.182. The lowest BCUT2D eigenvalue weighted by molar-refractivity contribution is 0.0696. The molecule has 0 amide bonds. The highest BCUT2D eigenvalue weighted by Crippen LogP contribution is 2.19. The average Bonchev–Trinajstić information content (AvgIpc) is 2.25. The van der Waals surface area contributed by atoms with Crippen LogP contribution in [-0.2, 0) is 0 Å². The quantitative estimate of drug-likeness (QED) is 0.772. The van der Waals surface area contributed by atoms with Crippen LogP contribution in [0.2, 0.25) is 0 Å². The fourth-order valence-corrected chi connectivity index (χ4v) is 1.29. The maximum absolute atomic E-state index is 10.9. The SMILES string of the molecule is COc1ccc(C(=O)O)c(C=CCS)c1. The first-order valence-corrected chi connectivity index (χ1v) is 5.01. The van der Waals surface area contributed by atoms with Gasteiger partial charge in [-0.3, -0.25) is 0 Å². The van der Waals surface area contributed by atoms with E-state index in [9.17, 15) is 4.79 Å². The van der Waals surface area contributed by atoms with E-state index in [2.05, 4.69) is 12.6 Å². The molecule has 4 heteroatoms. The molecule has 0 aromatic heterocycles. The zero-order valence-corrected chi connectivity index (χ0v) is 9.20. The highest BCUT2D eigenvalue weighted by atomic mass is 32.1. The van der Waals surface area contributed by atoms with Gasteiger partial charge in [0, 0.05) is 5.75 Å². The minimum atomic E-state index is -0.948. The zero-order valence-electron chi connectivity index (χ0n) is 8.30. The van der Waals surface area contributed by atoms with Gasteiger partial charge in [0.1, 0.15) is 5.75 Å². The number of hydrogen-bond donors (Lipinski definition) is 2. The summed E-state index contributed by atoms with van der Waals surface area (Å²) in [4.78, 5) is 10.9. The van der Waals surface area contributed by atoms with Crippen molar-refractivity contribution in [3.63, 3.8) is 0 Å². The highest BCUT2D eigenvalue weighted by molar-refractivity contribution is 7.80. The topological polar surface area (TPSA) is 46.5 Å². The third-order valence-electron chi connectivity index (χ3n) is 1.89. The molecule has 0 atom stereocenters. The van der Waals surface area contributed by atoms with Gasteiger partial charge in [0.25, 0.3) is 0 Å². The van der Waals surface area contributed by atoms with E-state index in [1.54, 1.807) is 31.4 Å². The molecule has 0 saturated carbocycles. The molecule has 0 radical (unpaired) electrons. The van der Waals surface area contributed by atoms with Crippen molar-refractivity contribution in [2.75, 3.05) is 12.9 Å². The van der Waals surface area contributed by atoms with Gasteiger partial charge in [-0.2, -0.15) is 12.6 Å². The summed E-state index contributed by atoms with van der Waals surface area (Å²) in [7, 11) is 1.54. The van der Waals surface area contributed by atoms with E-state index in [-0.39, 0.29) is 5.56 Å². The molecule has 0 aliphatic rings. The smallest absolute Gasteiger partial charge is 0.336 e. The lowest BCUT2D eigenvalue weighted by Crippen LogP contribution is -1.99. The molecule has 0 unspecified atom stereocenters. The Labute approximate surface area is 93.8 Å². The zero-order chi connectivity index (χ0) is 11.3. The van der Waals surface area contributed by atoms with E-state index in [0.717, 1.165) is 0 Å². The van der Waals surface area contributed by atoms with Crippen LogP contribution in [0.25, 0.3) is 6.08 Å². The fourth-order valence-electron chi connectivity index (χ4n) is 1.18. The largest absolute Gasteiger partial charge is 0.497 e. The van der Waals surface area contributed by atoms with Crippen LogP contribution in [0.5, 0.6) is 5.75 Å². The first-order chi connectivity index (χ1) is 7.19. The van der Waals surface area contributed by atoms with Gasteiger partial charge in [-0.05, 0) is 23.8 Å². The Hall–Kier alpha value is -1.42. The number of carboxylic acids is 1. The second-order valence-electron chi connectivity index (χ2n) is 2.84. The van der Waals surface area contributed by atoms with Crippen LogP contribution in [-0.4, -0.2) is 23.9 Å². The monoisotopic (exact) mass is 224 g/mol. The third kappa shape index (κ3) is 3.02. The van der Waals surface area contributed by atoms with Crippen molar-refractivity contribution in [3.8, 4) is 5.75 Å². The second kappa shape index (κ2) is 5.46. The number of benzene rings is 1. The molecule has 0 heterocycles. The van der Waals surface area contributed by atoms with Crippen LogP contribution in [0.3, 0.4) is 0 Å². The van der Waals surface area contributed by atoms with E-state index in [0.29, 0.717) is 17.1 Å². The summed E-state index contributed by atoms with van der Waals surface area (Å²) in [6.45, 7) is 0. The highest BCUT2D eigenvalue weighted by Gasteiger charge is 2.08. The number of methoxy groups -OCH3 is 1. The molecule has 15 heavy (non-hydrogen) atoms. The third-order valence-corrected chi connectivity index (χ3v) is 2.10. The number of rotatable bonds is 4. The minimum absolute atomic E-state index is 0.258. The average molecular weight is 224 g/mol. The molecule has 3 nitrogen and oxygen atoms in total. The molecule has 0 fully saturated rings. The molecule has 1 rings (SSSR count). The molecule has 0 aliphatic heterocycles. The summed E-state index contributed by atoms with van der Waals surface area (Å²) >= 11 is 4.02. The van der Waals surface area contributed by atoms with Crippen LogP contribution in [0, 0.1) is 0 Å².